The number of halogens is 3. The summed E-state index contributed by atoms with van der Waals surface area (Å²) in [6.45, 7) is 0. The van der Waals surface area contributed by atoms with E-state index >= 15 is 0 Å². The molecule has 0 amide bonds. The van der Waals surface area contributed by atoms with E-state index in [0.717, 1.165) is 5.56 Å². The third-order valence-corrected chi connectivity index (χ3v) is 2.75. The second-order valence-electron chi connectivity index (χ2n) is 3.76. The zero-order valence-corrected chi connectivity index (χ0v) is 8.21. The number of ether oxygens (including phenoxy) is 1. The molecule has 0 radical (unpaired) electrons. The molecule has 0 bridgehead atoms. The van der Waals surface area contributed by atoms with Gasteiger partial charge in [-0.2, -0.15) is 13.2 Å². The Labute approximate surface area is 85.9 Å². The van der Waals surface area contributed by atoms with Gasteiger partial charge in [0.05, 0.1) is 13.0 Å². The number of rotatable bonds is 2. The lowest BCUT2D eigenvalue weighted by Crippen LogP contribution is -2.11. The van der Waals surface area contributed by atoms with Crippen molar-refractivity contribution in [3.8, 4) is 5.75 Å². The molecule has 1 fully saturated rings. The fourth-order valence-corrected chi connectivity index (χ4v) is 1.78. The first-order valence-electron chi connectivity index (χ1n) is 4.73. The van der Waals surface area contributed by atoms with Crippen molar-refractivity contribution < 1.29 is 17.9 Å². The minimum atomic E-state index is -4.05. The fraction of sp³-hybridized carbons (Fsp3) is 0.455. The van der Waals surface area contributed by atoms with Gasteiger partial charge in [0.15, 0.2) is 0 Å². The smallest absolute Gasteiger partial charge is 0.392 e. The van der Waals surface area contributed by atoms with Crippen LogP contribution >= 0.6 is 0 Å². The lowest BCUT2D eigenvalue weighted by molar-refractivity contribution is -0.148. The summed E-state index contributed by atoms with van der Waals surface area (Å²) in [6, 6.07) is 6.80. The average molecular weight is 216 g/mol. The quantitative estimate of drug-likeness (QED) is 0.736. The molecule has 1 aromatic rings. The maximum Gasteiger partial charge on any atom is 0.392 e. The van der Waals surface area contributed by atoms with E-state index in [9.17, 15) is 13.2 Å². The molecule has 0 aromatic heterocycles. The van der Waals surface area contributed by atoms with Gasteiger partial charge >= 0.3 is 6.18 Å². The molecule has 1 saturated carbocycles. The lowest BCUT2D eigenvalue weighted by Gasteiger charge is -2.05. The molecule has 1 nitrogen and oxygen atoms in total. The van der Waals surface area contributed by atoms with Crippen LogP contribution < -0.4 is 4.74 Å². The van der Waals surface area contributed by atoms with Crippen molar-refractivity contribution in [2.24, 2.45) is 5.92 Å². The van der Waals surface area contributed by atoms with Crippen molar-refractivity contribution in [1.29, 1.82) is 0 Å². The van der Waals surface area contributed by atoms with Crippen LogP contribution in [0.4, 0.5) is 13.2 Å². The van der Waals surface area contributed by atoms with Gasteiger partial charge in [0.2, 0.25) is 0 Å². The predicted molar refractivity (Wildman–Crippen MR) is 49.9 cm³/mol. The van der Waals surface area contributed by atoms with Crippen LogP contribution in [0.3, 0.4) is 0 Å². The Kier molecular flexibility index (Phi) is 2.37. The Morgan fingerprint density at radius 1 is 1.20 bits per heavy atom. The van der Waals surface area contributed by atoms with Crippen LogP contribution in [0.15, 0.2) is 24.3 Å². The zero-order chi connectivity index (χ0) is 11.1. The number of hydrogen-bond acceptors (Lipinski definition) is 1. The summed E-state index contributed by atoms with van der Waals surface area (Å²) < 4.78 is 41.8. The molecule has 1 aliphatic carbocycles. The highest BCUT2D eigenvalue weighted by molar-refractivity contribution is 5.32. The van der Waals surface area contributed by atoms with Crippen LogP contribution in [0.2, 0.25) is 0 Å². The molecular formula is C11H11F3O. The SMILES string of the molecule is COc1ccc([C@@H]2C[C@H]2C(F)(F)F)cc1. The van der Waals surface area contributed by atoms with Crippen molar-refractivity contribution in [3.63, 3.8) is 0 Å². The summed E-state index contributed by atoms with van der Waals surface area (Å²) in [5.41, 5.74) is 0.748. The van der Waals surface area contributed by atoms with Gasteiger partial charge in [-0.15, -0.1) is 0 Å². The maximum atomic E-state index is 12.3. The molecule has 0 unspecified atom stereocenters. The molecule has 0 N–H and O–H groups in total. The van der Waals surface area contributed by atoms with Gasteiger partial charge < -0.3 is 4.74 Å². The second kappa shape index (κ2) is 3.43. The normalized spacial score (nSPS) is 25.1. The summed E-state index contributed by atoms with van der Waals surface area (Å²) in [4.78, 5) is 0. The largest absolute Gasteiger partial charge is 0.497 e. The Morgan fingerprint density at radius 3 is 2.20 bits per heavy atom. The first-order chi connectivity index (χ1) is 7.02. The number of hydrogen-bond donors (Lipinski definition) is 0. The van der Waals surface area contributed by atoms with Crippen molar-refractivity contribution in [3.05, 3.63) is 29.8 Å². The molecule has 0 saturated heterocycles. The predicted octanol–water partition coefficient (Wildman–Crippen LogP) is 3.36. The Morgan fingerprint density at radius 2 is 1.80 bits per heavy atom. The van der Waals surface area contributed by atoms with Gasteiger partial charge in [0, 0.05) is 0 Å². The molecule has 2 rings (SSSR count). The topological polar surface area (TPSA) is 9.23 Å². The molecule has 4 heteroatoms. The van der Waals surface area contributed by atoms with Gasteiger partial charge in [-0.3, -0.25) is 0 Å². The molecule has 1 aliphatic rings. The Balaban J connectivity index is 2.07. The van der Waals surface area contributed by atoms with E-state index in [1.807, 2.05) is 0 Å². The molecule has 0 heterocycles. The fourth-order valence-electron chi connectivity index (χ4n) is 1.78. The van der Waals surface area contributed by atoms with Gasteiger partial charge in [0.25, 0.3) is 0 Å². The molecule has 0 aliphatic heterocycles. The Bertz CT molecular complexity index is 342. The Hall–Kier alpha value is -1.19. The highest BCUT2D eigenvalue weighted by Crippen LogP contribution is 2.56. The van der Waals surface area contributed by atoms with Crippen LogP contribution in [0.5, 0.6) is 5.75 Å². The van der Waals surface area contributed by atoms with Crippen LogP contribution in [0, 0.1) is 5.92 Å². The van der Waals surface area contributed by atoms with E-state index in [1.54, 1.807) is 24.3 Å². The van der Waals surface area contributed by atoms with Crippen molar-refractivity contribution in [1.82, 2.24) is 0 Å². The van der Waals surface area contributed by atoms with E-state index in [4.69, 9.17) is 4.74 Å². The summed E-state index contributed by atoms with van der Waals surface area (Å²) in [7, 11) is 1.53. The van der Waals surface area contributed by atoms with E-state index in [-0.39, 0.29) is 12.3 Å². The highest BCUT2D eigenvalue weighted by Gasteiger charge is 2.55. The van der Waals surface area contributed by atoms with E-state index in [0.29, 0.717) is 5.75 Å². The molecule has 15 heavy (non-hydrogen) atoms. The third kappa shape index (κ3) is 2.08. The number of methoxy groups -OCH3 is 1. The average Bonchev–Trinajstić information content (AvgIpc) is 2.97. The van der Waals surface area contributed by atoms with Gasteiger partial charge in [-0.1, -0.05) is 12.1 Å². The number of benzene rings is 1. The monoisotopic (exact) mass is 216 g/mol. The maximum absolute atomic E-state index is 12.3. The van der Waals surface area contributed by atoms with Crippen molar-refractivity contribution in [2.75, 3.05) is 7.11 Å². The minimum Gasteiger partial charge on any atom is -0.497 e. The summed E-state index contributed by atoms with van der Waals surface area (Å²) >= 11 is 0. The summed E-state index contributed by atoms with van der Waals surface area (Å²) in [5, 5.41) is 0. The van der Waals surface area contributed by atoms with Crippen LogP contribution in [0.1, 0.15) is 17.9 Å². The molecule has 1 aromatic carbocycles. The van der Waals surface area contributed by atoms with Gasteiger partial charge in [0.1, 0.15) is 5.75 Å². The van der Waals surface area contributed by atoms with E-state index < -0.39 is 12.1 Å². The molecular weight excluding hydrogens is 205 g/mol. The molecule has 82 valence electrons. The first kappa shape index (κ1) is 10.3. The van der Waals surface area contributed by atoms with Crippen molar-refractivity contribution in [2.45, 2.75) is 18.5 Å². The number of alkyl halides is 3. The van der Waals surface area contributed by atoms with Crippen molar-refractivity contribution >= 4 is 0 Å². The second-order valence-corrected chi connectivity index (χ2v) is 3.76. The van der Waals surface area contributed by atoms with E-state index in [1.165, 1.54) is 7.11 Å². The molecule has 0 spiro atoms. The summed E-state index contributed by atoms with van der Waals surface area (Å²) in [5.74, 6) is -0.829. The minimum absolute atomic E-state index is 0.218. The zero-order valence-electron chi connectivity index (χ0n) is 8.21. The van der Waals surface area contributed by atoms with Crippen LogP contribution in [0.25, 0.3) is 0 Å². The standard InChI is InChI=1S/C11H11F3O/c1-15-8-4-2-7(3-5-8)9-6-10(9)11(12,13)14/h2-5,9-10H,6H2,1H3/t9-,10+/m0/s1. The van der Waals surface area contributed by atoms with Crippen LogP contribution in [-0.4, -0.2) is 13.3 Å². The lowest BCUT2D eigenvalue weighted by atomic mass is 10.1. The highest BCUT2D eigenvalue weighted by atomic mass is 19.4. The van der Waals surface area contributed by atoms with E-state index in [2.05, 4.69) is 0 Å². The molecule has 2 atom stereocenters. The van der Waals surface area contributed by atoms with Crippen LogP contribution in [-0.2, 0) is 0 Å². The first-order valence-corrected chi connectivity index (χ1v) is 4.73. The summed E-state index contributed by atoms with van der Waals surface area (Å²) in [6.07, 6.45) is -3.83. The van der Waals surface area contributed by atoms with Gasteiger partial charge in [-0.05, 0) is 30.0 Å². The third-order valence-electron chi connectivity index (χ3n) is 2.75. The van der Waals surface area contributed by atoms with Gasteiger partial charge in [-0.25, -0.2) is 0 Å².